The molecule has 142 valence electrons. The number of aryl methyl sites for hydroxylation is 1. The van der Waals surface area contributed by atoms with Gasteiger partial charge in [-0.15, -0.1) is 0 Å². The van der Waals surface area contributed by atoms with E-state index in [-0.39, 0.29) is 12.0 Å². The zero-order chi connectivity index (χ0) is 18.5. The van der Waals surface area contributed by atoms with E-state index in [4.69, 9.17) is 19.3 Å². The molecule has 2 saturated heterocycles. The van der Waals surface area contributed by atoms with Crippen molar-refractivity contribution in [3.63, 3.8) is 0 Å². The fraction of sp³-hybridized carbons (Fsp3) is 0.579. The van der Waals surface area contributed by atoms with Gasteiger partial charge in [-0.2, -0.15) is 0 Å². The summed E-state index contributed by atoms with van der Waals surface area (Å²) in [6.07, 6.45) is 1.35. The predicted molar refractivity (Wildman–Crippen MR) is 93.0 cm³/mol. The molecule has 3 rings (SSSR count). The molecule has 0 aliphatic carbocycles. The lowest BCUT2D eigenvalue weighted by Gasteiger charge is -2.17. The van der Waals surface area contributed by atoms with Gasteiger partial charge in [0.2, 0.25) is 5.91 Å². The molecule has 0 aromatic heterocycles. The maximum absolute atomic E-state index is 12.2. The first-order chi connectivity index (χ1) is 12.5. The highest BCUT2D eigenvalue weighted by molar-refractivity contribution is 5.82. The van der Waals surface area contributed by atoms with Crippen LogP contribution in [0.3, 0.4) is 0 Å². The van der Waals surface area contributed by atoms with Crippen LogP contribution >= 0.6 is 0 Å². The number of ether oxygens (including phenoxy) is 3. The summed E-state index contributed by atoms with van der Waals surface area (Å²) >= 11 is 0. The van der Waals surface area contributed by atoms with E-state index in [1.807, 2.05) is 25.1 Å². The Balaban J connectivity index is 1.55. The summed E-state index contributed by atoms with van der Waals surface area (Å²) in [4.78, 5) is 23.2. The van der Waals surface area contributed by atoms with Gasteiger partial charge < -0.3 is 24.6 Å². The van der Waals surface area contributed by atoms with E-state index in [0.717, 1.165) is 36.3 Å². The molecule has 0 bridgehead atoms. The summed E-state index contributed by atoms with van der Waals surface area (Å²) in [7, 11) is 0. The second kappa shape index (κ2) is 8.51. The van der Waals surface area contributed by atoms with Gasteiger partial charge in [0, 0.05) is 18.7 Å². The third-order valence-corrected chi connectivity index (χ3v) is 4.71. The molecule has 1 aromatic rings. The van der Waals surface area contributed by atoms with Crippen molar-refractivity contribution in [1.29, 1.82) is 0 Å². The van der Waals surface area contributed by atoms with Crippen LogP contribution in [-0.2, 0) is 25.6 Å². The lowest BCUT2D eigenvalue weighted by molar-refractivity contribution is -0.151. The van der Waals surface area contributed by atoms with Gasteiger partial charge in [-0.05, 0) is 44.2 Å². The quantitative estimate of drug-likeness (QED) is 0.767. The molecule has 1 unspecified atom stereocenters. The van der Waals surface area contributed by atoms with Crippen LogP contribution in [0.2, 0.25) is 0 Å². The first-order valence-corrected chi connectivity index (χ1v) is 9.03. The minimum atomic E-state index is -1.02. The third-order valence-electron chi connectivity index (χ3n) is 4.71. The average molecular weight is 363 g/mol. The summed E-state index contributed by atoms with van der Waals surface area (Å²) in [6.45, 7) is 3.57. The van der Waals surface area contributed by atoms with E-state index in [9.17, 15) is 9.59 Å². The van der Waals surface area contributed by atoms with Crippen molar-refractivity contribution in [3.05, 3.63) is 29.3 Å². The van der Waals surface area contributed by atoms with Crippen LogP contribution in [0.5, 0.6) is 5.75 Å². The molecule has 2 N–H and O–H groups in total. The molecule has 2 fully saturated rings. The highest BCUT2D eigenvalue weighted by atomic mass is 16.5. The molecule has 7 heteroatoms. The number of hydrogen-bond acceptors (Lipinski definition) is 5. The molecular formula is C19H25NO6. The maximum Gasteiger partial charge on any atom is 0.332 e. The van der Waals surface area contributed by atoms with E-state index in [2.05, 4.69) is 5.32 Å². The molecule has 3 atom stereocenters. The minimum Gasteiger partial charge on any atom is -0.491 e. The fourth-order valence-electron chi connectivity index (χ4n) is 3.21. The number of nitrogens with one attached hydrogen (secondary N) is 1. The second-order valence-corrected chi connectivity index (χ2v) is 6.80. The summed E-state index contributed by atoms with van der Waals surface area (Å²) in [5, 5.41) is 11.8. The molecule has 2 aliphatic rings. The van der Waals surface area contributed by atoms with E-state index < -0.39 is 18.2 Å². The van der Waals surface area contributed by atoms with Gasteiger partial charge >= 0.3 is 5.97 Å². The number of rotatable bonds is 7. The smallest absolute Gasteiger partial charge is 0.332 e. The number of hydrogen-bond donors (Lipinski definition) is 2. The number of carbonyl (C=O) groups excluding carboxylic acids is 1. The Kier molecular flexibility index (Phi) is 6.11. The van der Waals surface area contributed by atoms with Crippen molar-refractivity contribution in [1.82, 2.24) is 5.32 Å². The Morgan fingerprint density at radius 3 is 2.77 bits per heavy atom. The fourth-order valence-corrected chi connectivity index (χ4v) is 3.21. The van der Waals surface area contributed by atoms with E-state index in [0.29, 0.717) is 26.0 Å². The van der Waals surface area contributed by atoms with Gasteiger partial charge in [-0.3, -0.25) is 4.79 Å². The standard InChI is InChI=1S/C19H25NO6/c1-12-4-5-13(17(9-12)25-11-14-3-2-8-24-14)10-20-18(21)15-6-7-16(26-15)19(22)23/h4-5,9,14-16H,2-3,6-8,10-11H2,1H3,(H,20,21)(H,22,23)/t14?,15-,16+/m0/s1. The Labute approximate surface area is 152 Å². The summed E-state index contributed by atoms with van der Waals surface area (Å²) < 4.78 is 16.8. The maximum atomic E-state index is 12.2. The van der Waals surface area contributed by atoms with Crippen molar-refractivity contribution in [2.24, 2.45) is 0 Å². The van der Waals surface area contributed by atoms with Gasteiger partial charge in [0.05, 0.1) is 6.10 Å². The molecule has 7 nitrogen and oxygen atoms in total. The van der Waals surface area contributed by atoms with Crippen LogP contribution in [0, 0.1) is 6.92 Å². The molecule has 26 heavy (non-hydrogen) atoms. The predicted octanol–water partition coefficient (Wildman–Crippen LogP) is 1.80. The number of carboxylic acid groups (broad SMARTS) is 1. The summed E-state index contributed by atoms with van der Waals surface area (Å²) in [6, 6.07) is 5.84. The van der Waals surface area contributed by atoms with Gasteiger partial charge in [-0.25, -0.2) is 4.79 Å². The van der Waals surface area contributed by atoms with E-state index >= 15 is 0 Å². The van der Waals surface area contributed by atoms with Gasteiger partial charge in [0.15, 0.2) is 6.10 Å². The number of carbonyl (C=O) groups is 2. The largest absolute Gasteiger partial charge is 0.491 e. The summed E-state index contributed by atoms with van der Waals surface area (Å²) in [5.41, 5.74) is 1.94. The molecule has 1 amide bonds. The van der Waals surface area contributed by atoms with E-state index in [1.165, 1.54) is 0 Å². The number of carboxylic acids is 1. The lowest BCUT2D eigenvalue weighted by Crippen LogP contribution is -2.35. The Hall–Kier alpha value is -2.12. The minimum absolute atomic E-state index is 0.123. The normalized spacial score (nSPS) is 25.2. The van der Waals surface area contributed by atoms with Crippen LogP contribution in [0.15, 0.2) is 18.2 Å². The topological polar surface area (TPSA) is 94.1 Å². The van der Waals surface area contributed by atoms with Crippen LogP contribution in [-0.4, -0.2) is 48.5 Å². The lowest BCUT2D eigenvalue weighted by atomic mass is 10.1. The van der Waals surface area contributed by atoms with Crippen LogP contribution in [0.4, 0.5) is 0 Å². The molecule has 2 heterocycles. The van der Waals surface area contributed by atoms with Gasteiger partial charge in [0.1, 0.15) is 18.5 Å². The number of aliphatic carboxylic acids is 1. The number of amides is 1. The van der Waals surface area contributed by atoms with Crippen molar-refractivity contribution in [2.45, 2.75) is 57.5 Å². The molecule has 0 spiro atoms. The van der Waals surface area contributed by atoms with Crippen molar-refractivity contribution < 1.29 is 28.9 Å². The average Bonchev–Trinajstić information content (AvgIpc) is 3.30. The van der Waals surface area contributed by atoms with Crippen LogP contribution < -0.4 is 10.1 Å². The Morgan fingerprint density at radius 2 is 2.08 bits per heavy atom. The molecular weight excluding hydrogens is 338 g/mol. The highest BCUT2D eigenvalue weighted by Gasteiger charge is 2.34. The third kappa shape index (κ3) is 4.74. The Bertz CT molecular complexity index is 655. The first kappa shape index (κ1) is 18.7. The van der Waals surface area contributed by atoms with Gasteiger partial charge in [0.25, 0.3) is 0 Å². The monoisotopic (exact) mass is 363 g/mol. The Morgan fingerprint density at radius 1 is 1.27 bits per heavy atom. The molecule has 0 saturated carbocycles. The van der Waals surface area contributed by atoms with Gasteiger partial charge in [-0.1, -0.05) is 12.1 Å². The SMILES string of the molecule is Cc1ccc(CNC(=O)[C@@H]2CC[C@H](C(=O)O)O2)c(OCC2CCCO2)c1. The number of benzene rings is 1. The molecule has 2 aliphatic heterocycles. The molecule has 0 radical (unpaired) electrons. The van der Waals surface area contributed by atoms with E-state index in [1.54, 1.807) is 0 Å². The molecule has 1 aromatic carbocycles. The van der Waals surface area contributed by atoms with Crippen molar-refractivity contribution in [3.8, 4) is 5.75 Å². The van der Waals surface area contributed by atoms with Crippen LogP contribution in [0.25, 0.3) is 0 Å². The highest BCUT2D eigenvalue weighted by Crippen LogP contribution is 2.23. The first-order valence-electron chi connectivity index (χ1n) is 9.03. The zero-order valence-corrected chi connectivity index (χ0v) is 14.9. The van der Waals surface area contributed by atoms with Crippen molar-refractivity contribution >= 4 is 11.9 Å². The zero-order valence-electron chi connectivity index (χ0n) is 14.9. The second-order valence-electron chi connectivity index (χ2n) is 6.80. The van der Waals surface area contributed by atoms with Crippen LogP contribution in [0.1, 0.15) is 36.8 Å². The summed E-state index contributed by atoms with van der Waals surface area (Å²) in [5.74, 6) is -0.584. The van der Waals surface area contributed by atoms with Crippen molar-refractivity contribution in [2.75, 3.05) is 13.2 Å².